The second kappa shape index (κ2) is 13.5. The molecule has 3 heterocycles. The molecule has 1 aromatic heterocycles. The van der Waals surface area contributed by atoms with Crippen LogP contribution in [0.3, 0.4) is 0 Å². The van der Waals surface area contributed by atoms with Gasteiger partial charge in [-0.05, 0) is 47.4 Å². The van der Waals surface area contributed by atoms with E-state index >= 15 is 0 Å². The van der Waals surface area contributed by atoms with E-state index < -0.39 is 53.3 Å². The molecule has 1 fully saturated rings. The summed E-state index contributed by atoms with van der Waals surface area (Å²) in [5.74, 6) is -3.79. The molecule has 11 heteroatoms. The predicted octanol–water partition coefficient (Wildman–Crippen LogP) is 3.36. The van der Waals surface area contributed by atoms with Crippen molar-refractivity contribution >= 4 is 35.5 Å². The molecule has 4 atom stereocenters. The van der Waals surface area contributed by atoms with Crippen molar-refractivity contribution in [1.29, 1.82) is 0 Å². The summed E-state index contributed by atoms with van der Waals surface area (Å²) in [5, 5.41) is 7.85. The first-order valence-electron chi connectivity index (χ1n) is 14.7. The summed E-state index contributed by atoms with van der Waals surface area (Å²) < 4.78 is 10.7. The van der Waals surface area contributed by atoms with Gasteiger partial charge in [0.25, 0.3) is 0 Å². The summed E-state index contributed by atoms with van der Waals surface area (Å²) in [4.78, 5) is 68.6. The number of amides is 4. The Hall–Kier alpha value is -5.32. The summed E-state index contributed by atoms with van der Waals surface area (Å²) in [6.07, 6.45) is 4.50. The van der Waals surface area contributed by atoms with Crippen molar-refractivity contribution in [2.45, 2.75) is 39.3 Å². The van der Waals surface area contributed by atoms with Crippen LogP contribution in [0.5, 0.6) is 11.5 Å². The highest BCUT2D eigenvalue weighted by molar-refractivity contribution is 6.16. The maximum atomic E-state index is 13.4. The van der Waals surface area contributed by atoms with E-state index in [1.807, 2.05) is 42.5 Å². The Morgan fingerprint density at radius 1 is 0.978 bits per heavy atom. The van der Waals surface area contributed by atoms with Crippen LogP contribution in [-0.2, 0) is 24.0 Å². The monoisotopic (exact) mass is 610 g/mol. The van der Waals surface area contributed by atoms with Crippen LogP contribution in [0.25, 0.3) is 17.3 Å². The molecule has 5 rings (SSSR count). The molecule has 0 bridgehead atoms. The van der Waals surface area contributed by atoms with Crippen molar-refractivity contribution in [1.82, 2.24) is 20.9 Å². The topological polar surface area (TPSA) is 153 Å². The molecule has 0 saturated carbocycles. The lowest BCUT2D eigenvalue weighted by atomic mass is 9.85. The van der Waals surface area contributed by atoms with Crippen LogP contribution in [0.2, 0.25) is 0 Å². The van der Waals surface area contributed by atoms with Gasteiger partial charge in [-0.3, -0.25) is 34.3 Å². The molecule has 4 amide bonds. The largest absolute Gasteiger partial charge is 0.454 e. The predicted molar refractivity (Wildman–Crippen MR) is 164 cm³/mol. The summed E-state index contributed by atoms with van der Waals surface area (Å²) >= 11 is 0. The fourth-order valence-electron chi connectivity index (χ4n) is 5.33. The number of carbonyl (C=O) groups is 5. The number of nitrogens with one attached hydrogen (secondary N) is 3. The van der Waals surface area contributed by atoms with Gasteiger partial charge in [0, 0.05) is 17.8 Å². The van der Waals surface area contributed by atoms with E-state index in [9.17, 15) is 24.0 Å². The molecule has 45 heavy (non-hydrogen) atoms. The van der Waals surface area contributed by atoms with E-state index in [4.69, 9.17) is 9.47 Å². The number of ketones is 1. The van der Waals surface area contributed by atoms with E-state index in [0.717, 1.165) is 16.8 Å². The first-order chi connectivity index (χ1) is 21.6. The summed E-state index contributed by atoms with van der Waals surface area (Å²) in [7, 11) is 0. The fraction of sp³-hybridized carbons (Fsp3) is 0.294. The highest BCUT2D eigenvalue weighted by atomic mass is 16.7. The summed E-state index contributed by atoms with van der Waals surface area (Å²) in [6.45, 7) is 5.15. The van der Waals surface area contributed by atoms with E-state index in [1.54, 1.807) is 44.3 Å². The molecule has 3 aromatic rings. The van der Waals surface area contributed by atoms with Crippen LogP contribution < -0.4 is 25.4 Å². The molecular weight excluding hydrogens is 576 g/mol. The Balaban J connectivity index is 1.33. The third-order valence-corrected chi connectivity index (χ3v) is 7.84. The third kappa shape index (κ3) is 7.26. The SMILES string of the molecule is CC(C)[C@H](NC(=O)CC(NC(=O)/C=C/c1ccc2c(c1)OCO2)c1ccc(-c2ccccn2)cc1)C(=O)[C@@H]1C(=O)NC(=O)[C@H]1C. The fourth-order valence-corrected chi connectivity index (χ4v) is 5.33. The molecule has 2 aliphatic rings. The Morgan fingerprint density at radius 2 is 1.73 bits per heavy atom. The van der Waals surface area contributed by atoms with Crippen LogP contribution in [0.1, 0.15) is 44.4 Å². The molecule has 0 spiro atoms. The Kier molecular flexibility index (Phi) is 9.36. The summed E-state index contributed by atoms with van der Waals surface area (Å²) in [5.41, 5.74) is 3.03. The van der Waals surface area contributed by atoms with E-state index in [0.29, 0.717) is 17.1 Å². The molecule has 0 aliphatic carbocycles. The zero-order valence-electron chi connectivity index (χ0n) is 25.1. The van der Waals surface area contributed by atoms with Gasteiger partial charge in [0.05, 0.1) is 30.1 Å². The number of hydrogen-bond acceptors (Lipinski definition) is 8. The average Bonchev–Trinajstić information content (AvgIpc) is 3.60. The van der Waals surface area contributed by atoms with E-state index in [1.165, 1.54) is 13.0 Å². The van der Waals surface area contributed by atoms with Crippen LogP contribution in [0.4, 0.5) is 0 Å². The number of pyridine rings is 1. The number of benzene rings is 2. The van der Waals surface area contributed by atoms with Gasteiger partial charge in [0.2, 0.25) is 30.4 Å². The van der Waals surface area contributed by atoms with Crippen LogP contribution in [0.15, 0.2) is 72.9 Å². The second-order valence-corrected chi connectivity index (χ2v) is 11.4. The van der Waals surface area contributed by atoms with Gasteiger partial charge >= 0.3 is 0 Å². The highest BCUT2D eigenvalue weighted by Gasteiger charge is 2.46. The van der Waals surface area contributed by atoms with Gasteiger partial charge < -0.3 is 20.1 Å². The van der Waals surface area contributed by atoms with E-state index in [2.05, 4.69) is 20.9 Å². The second-order valence-electron chi connectivity index (χ2n) is 11.4. The first-order valence-corrected chi connectivity index (χ1v) is 14.7. The Morgan fingerprint density at radius 3 is 2.40 bits per heavy atom. The number of ether oxygens (including phenoxy) is 2. The quantitative estimate of drug-likeness (QED) is 0.170. The van der Waals surface area contributed by atoms with Crippen LogP contribution in [-0.4, -0.2) is 47.2 Å². The number of carbonyl (C=O) groups excluding carboxylic acids is 5. The van der Waals surface area contributed by atoms with Crippen molar-refractivity contribution in [3.63, 3.8) is 0 Å². The number of nitrogens with zero attached hydrogens (tertiary/aromatic N) is 1. The average molecular weight is 611 g/mol. The third-order valence-electron chi connectivity index (χ3n) is 7.84. The van der Waals surface area contributed by atoms with Gasteiger partial charge in [-0.25, -0.2) is 0 Å². The molecule has 232 valence electrons. The Bertz CT molecular complexity index is 1640. The number of hydrogen-bond donors (Lipinski definition) is 3. The van der Waals surface area contributed by atoms with Crippen molar-refractivity contribution in [2.24, 2.45) is 17.8 Å². The lowest BCUT2D eigenvalue weighted by Gasteiger charge is -2.26. The smallest absolute Gasteiger partial charge is 0.244 e. The van der Waals surface area contributed by atoms with Crippen molar-refractivity contribution in [3.05, 3.63) is 84.1 Å². The van der Waals surface area contributed by atoms with Gasteiger partial charge in [-0.15, -0.1) is 0 Å². The van der Waals surface area contributed by atoms with Gasteiger partial charge in [0.1, 0.15) is 5.92 Å². The number of imide groups is 1. The number of Topliss-reactive ketones (excluding diaryl/α,β-unsaturated/α-hetero) is 1. The molecule has 3 N–H and O–H groups in total. The van der Waals surface area contributed by atoms with Crippen molar-refractivity contribution < 1.29 is 33.4 Å². The summed E-state index contributed by atoms with van der Waals surface area (Å²) in [6, 6.07) is 16.5. The zero-order chi connectivity index (χ0) is 32.1. The molecule has 2 aromatic carbocycles. The van der Waals surface area contributed by atoms with Crippen molar-refractivity contribution in [3.8, 4) is 22.8 Å². The molecule has 0 radical (unpaired) electrons. The first kappa shape index (κ1) is 31.1. The highest BCUT2D eigenvalue weighted by Crippen LogP contribution is 2.33. The van der Waals surface area contributed by atoms with Crippen LogP contribution in [0, 0.1) is 17.8 Å². The molecular formula is C34H34N4O7. The molecule has 1 unspecified atom stereocenters. The minimum atomic E-state index is -1.18. The van der Waals surface area contributed by atoms with Crippen molar-refractivity contribution in [2.75, 3.05) is 6.79 Å². The van der Waals surface area contributed by atoms with Crippen LogP contribution >= 0.6 is 0 Å². The number of fused-ring (bicyclic) bond motifs is 1. The van der Waals surface area contributed by atoms with Gasteiger partial charge in [0.15, 0.2) is 17.3 Å². The van der Waals surface area contributed by atoms with E-state index in [-0.39, 0.29) is 19.1 Å². The normalized spacial score (nSPS) is 18.5. The standard InChI is InChI=1S/C34H34N4O7/c1-19(2)31(32(41)30-20(3)33(42)38-34(30)43)37-29(40)17-25(23-11-9-22(10-12-23)24-6-4-5-15-35-24)36-28(39)14-8-21-7-13-26-27(16-21)45-18-44-26/h4-16,19-20,25,30-31H,17-18H2,1-3H3,(H,36,39)(H,37,40)(H,38,42,43)/b14-8+/t20-,25?,30+,31-/m0/s1. The number of rotatable bonds is 11. The maximum absolute atomic E-state index is 13.4. The molecule has 2 aliphatic heterocycles. The lowest BCUT2D eigenvalue weighted by molar-refractivity contribution is -0.137. The molecule has 11 nitrogen and oxygen atoms in total. The minimum Gasteiger partial charge on any atom is -0.454 e. The zero-order valence-corrected chi connectivity index (χ0v) is 25.1. The van der Waals surface area contributed by atoms with Gasteiger partial charge in [-0.1, -0.05) is 57.2 Å². The number of aromatic nitrogens is 1. The minimum absolute atomic E-state index is 0.139. The Labute approximate surface area is 260 Å². The molecule has 1 saturated heterocycles. The maximum Gasteiger partial charge on any atom is 0.244 e. The lowest BCUT2D eigenvalue weighted by Crippen LogP contribution is -2.49. The van der Waals surface area contributed by atoms with Gasteiger partial charge in [-0.2, -0.15) is 0 Å².